The van der Waals surface area contributed by atoms with E-state index in [1.54, 1.807) is 0 Å². The Kier molecular flexibility index (Phi) is 6.96. The highest BCUT2D eigenvalue weighted by Gasteiger charge is 2.22. The Morgan fingerprint density at radius 1 is 0.971 bits per heavy atom. The van der Waals surface area contributed by atoms with Gasteiger partial charge in [0, 0.05) is 42.1 Å². The van der Waals surface area contributed by atoms with Crippen LogP contribution in [0.25, 0.3) is 10.9 Å². The number of esters is 1. The van der Waals surface area contributed by atoms with Crippen LogP contribution in [0.15, 0.2) is 73.1 Å². The van der Waals surface area contributed by atoms with Crippen LogP contribution < -0.4 is 0 Å². The van der Waals surface area contributed by atoms with Crippen molar-refractivity contribution in [1.82, 2.24) is 14.5 Å². The number of carbonyl (C=O) groups is 1. The van der Waals surface area contributed by atoms with Gasteiger partial charge in [-0.3, -0.25) is 9.88 Å². The zero-order valence-corrected chi connectivity index (χ0v) is 20.6. The minimum Gasteiger partial charge on any atom is -0.465 e. The van der Waals surface area contributed by atoms with E-state index in [1.165, 1.54) is 53.2 Å². The summed E-state index contributed by atoms with van der Waals surface area (Å²) >= 11 is 0. The molecule has 35 heavy (non-hydrogen) atoms. The van der Waals surface area contributed by atoms with Crippen molar-refractivity contribution >= 4 is 16.9 Å². The number of ether oxygens (including phenoxy) is 1. The monoisotopic (exact) mass is 467 g/mol. The van der Waals surface area contributed by atoms with Gasteiger partial charge in [-0.25, -0.2) is 4.79 Å². The van der Waals surface area contributed by atoms with E-state index in [4.69, 9.17) is 4.74 Å². The molecule has 1 aliphatic heterocycles. The van der Waals surface area contributed by atoms with Gasteiger partial charge in [0.1, 0.15) is 0 Å². The van der Waals surface area contributed by atoms with Crippen molar-refractivity contribution in [1.29, 1.82) is 0 Å². The molecule has 4 aromatic rings. The van der Waals surface area contributed by atoms with E-state index in [1.807, 2.05) is 36.7 Å². The molecule has 0 radical (unpaired) electrons. The first-order valence-corrected chi connectivity index (χ1v) is 12.5. The Morgan fingerprint density at radius 2 is 1.69 bits per heavy atom. The average Bonchev–Trinajstić information content (AvgIpc) is 3.16. The number of para-hydroxylation sites is 1. The molecule has 0 N–H and O–H groups in total. The fourth-order valence-corrected chi connectivity index (χ4v) is 5.37. The predicted molar refractivity (Wildman–Crippen MR) is 140 cm³/mol. The van der Waals surface area contributed by atoms with Crippen molar-refractivity contribution < 1.29 is 9.53 Å². The number of hydrogen-bond donors (Lipinski definition) is 0. The second kappa shape index (κ2) is 10.4. The molecule has 0 spiro atoms. The molecule has 2 aromatic heterocycles. The fraction of sp³-hybridized carbons (Fsp3) is 0.333. The zero-order valence-electron chi connectivity index (χ0n) is 20.6. The molecule has 0 saturated carbocycles. The normalized spacial score (nSPS) is 14.9. The third-order valence-corrected chi connectivity index (χ3v) is 7.42. The largest absolute Gasteiger partial charge is 0.465 e. The number of hydrogen-bond acceptors (Lipinski definition) is 4. The maximum absolute atomic E-state index is 11.8. The van der Waals surface area contributed by atoms with Gasteiger partial charge in [-0.2, -0.15) is 0 Å². The van der Waals surface area contributed by atoms with Crippen molar-refractivity contribution in [2.75, 3.05) is 20.2 Å². The number of piperidine rings is 1. The molecule has 2 aromatic carbocycles. The van der Waals surface area contributed by atoms with E-state index >= 15 is 0 Å². The summed E-state index contributed by atoms with van der Waals surface area (Å²) in [4.78, 5) is 18.5. The number of benzene rings is 2. The lowest BCUT2D eigenvalue weighted by molar-refractivity contribution is 0.0600. The summed E-state index contributed by atoms with van der Waals surface area (Å²) in [5.41, 5.74) is 7.18. The first kappa shape index (κ1) is 23.3. The van der Waals surface area contributed by atoms with Crippen LogP contribution in [0.4, 0.5) is 0 Å². The number of pyridine rings is 1. The molecule has 1 saturated heterocycles. The lowest BCUT2D eigenvalue weighted by Gasteiger charge is -2.32. The highest BCUT2D eigenvalue weighted by molar-refractivity contribution is 5.89. The quantitative estimate of drug-likeness (QED) is 0.330. The van der Waals surface area contributed by atoms with Crippen LogP contribution in [-0.4, -0.2) is 40.6 Å². The van der Waals surface area contributed by atoms with Crippen LogP contribution in [0.5, 0.6) is 0 Å². The second-order valence-electron chi connectivity index (χ2n) is 9.63. The van der Waals surface area contributed by atoms with E-state index in [2.05, 4.69) is 57.8 Å². The molecule has 0 amide bonds. The molecular weight excluding hydrogens is 434 g/mol. The summed E-state index contributed by atoms with van der Waals surface area (Å²) in [6.07, 6.45) is 7.06. The number of methoxy groups -OCH3 is 1. The SMILES string of the molecule is COC(=O)c1ccc(Cc2c(C)n(CC3CCN(Cc4ccncc4)CC3)c3ccccc23)cc1. The average molecular weight is 468 g/mol. The number of nitrogens with zero attached hydrogens (tertiary/aromatic N) is 3. The van der Waals surface area contributed by atoms with Gasteiger partial charge in [0.2, 0.25) is 0 Å². The van der Waals surface area contributed by atoms with Gasteiger partial charge < -0.3 is 9.30 Å². The summed E-state index contributed by atoms with van der Waals surface area (Å²) < 4.78 is 7.37. The minimum atomic E-state index is -0.295. The van der Waals surface area contributed by atoms with Gasteiger partial charge in [-0.1, -0.05) is 30.3 Å². The third kappa shape index (κ3) is 5.15. The molecular formula is C30H33N3O2. The topological polar surface area (TPSA) is 47.4 Å². The van der Waals surface area contributed by atoms with E-state index < -0.39 is 0 Å². The molecule has 1 fully saturated rings. The van der Waals surface area contributed by atoms with Crippen molar-refractivity contribution in [3.05, 3.63) is 101 Å². The Hall–Kier alpha value is -3.44. The fourth-order valence-electron chi connectivity index (χ4n) is 5.37. The number of aromatic nitrogens is 2. The Bertz CT molecular complexity index is 1290. The summed E-state index contributed by atoms with van der Waals surface area (Å²) in [5.74, 6) is 0.390. The summed E-state index contributed by atoms with van der Waals surface area (Å²) in [7, 11) is 1.42. The van der Waals surface area contributed by atoms with Crippen molar-refractivity contribution in [2.24, 2.45) is 5.92 Å². The predicted octanol–water partition coefficient (Wildman–Crippen LogP) is 5.63. The summed E-state index contributed by atoms with van der Waals surface area (Å²) in [6.45, 7) is 6.63. The highest BCUT2D eigenvalue weighted by atomic mass is 16.5. The molecule has 3 heterocycles. The smallest absolute Gasteiger partial charge is 0.337 e. The molecule has 180 valence electrons. The lowest BCUT2D eigenvalue weighted by Crippen LogP contribution is -2.34. The van der Waals surface area contributed by atoms with Gasteiger partial charge in [-0.15, -0.1) is 0 Å². The lowest BCUT2D eigenvalue weighted by atomic mass is 9.96. The number of rotatable bonds is 7. The molecule has 0 bridgehead atoms. The molecule has 5 heteroatoms. The second-order valence-corrected chi connectivity index (χ2v) is 9.63. The summed E-state index contributed by atoms with van der Waals surface area (Å²) in [6, 6.07) is 20.8. The molecule has 0 atom stereocenters. The van der Waals surface area contributed by atoms with E-state index in [0.717, 1.165) is 32.6 Å². The maximum atomic E-state index is 11.8. The first-order chi connectivity index (χ1) is 17.1. The standard InChI is InChI=1S/C30H33N3O2/c1-22-28(19-23-7-9-26(10-8-23)30(34)35-2)27-5-3-4-6-29(27)33(22)21-25-13-17-32(18-14-25)20-24-11-15-31-16-12-24/h3-12,15-16,25H,13-14,17-21H2,1-2H3. The van der Waals surface area contributed by atoms with Gasteiger partial charge in [0.15, 0.2) is 0 Å². The van der Waals surface area contributed by atoms with Crippen LogP contribution in [-0.2, 0) is 24.2 Å². The van der Waals surface area contributed by atoms with Gasteiger partial charge in [0.25, 0.3) is 0 Å². The van der Waals surface area contributed by atoms with Gasteiger partial charge in [-0.05, 0) is 92.2 Å². The van der Waals surface area contributed by atoms with Crippen LogP contribution in [0.2, 0.25) is 0 Å². The van der Waals surface area contributed by atoms with Gasteiger partial charge in [0.05, 0.1) is 12.7 Å². The Morgan fingerprint density at radius 3 is 2.40 bits per heavy atom. The minimum absolute atomic E-state index is 0.295. The van der Waals surface area contributed by atoms with E-state index in [-0.39, 0.29) is 5.97 Å². The number of carbonyl (C=O) groups excluding carboxylic acids is 1. The van der Waals surface area contributed by atoms with Crippen LogP contribution in [0, 0.1) is 12.8 Å². The third-order valence-electron chi connectivity index (χ3n) is 7.42. The van der Waals surface area contributed by atoms with E-state index in [0.29, 0.717) is 11.5 Å². The molecule has 5 rings (SSSR count). The first-order valence-electron chi connectivity index (χ1n) is 12.5. The zero-order chi connectivity index (χ0) is 24.2. The van der Waals surface area contributed by atoms with Crippen molar-refractivity contribution in [3.8, 4) is 0 Å². The molecule has 0 unspecified atom stereocenters. The number of likely N-dealkylation sites (tertiary alicyclic amines) is 1. The van der Waals surface area contributed by atoms with Crippen LogP contribution in [0.1, 0.15) is 45.6 Å². The molecule has 1 aliphatic rings. The van der Waals surface area contributed by atoms with Crippen molar-refractivity contribution in [2.45, 2.75) is 39.3 Å². The Balaban J connectivity index is 1.30. The molecule has 5 nitrogen and oxygen atoms in total. The van der Waals surface area contributed by atoms with Crippen LogP contribution >= 0.6 is 0 Å². The maximum Gasteiger partial charge on any atom is 0.337 e. The van der Waals surface area contributed by atoms with Gasteiger partial charge >= 0.3 is 5.97 Å². The molecule has 0 aliphatic carbocycles. The number of fused-ring (bicyclic) bond motifs is 1. The Labute approximate surface area is 207 Å². The summed E-state index contributed by atoms with van der Waals surface area (Å²) in [5, 5.41) is 1.33. The van der Waals surface area contributed by atoms with E-state index in [9.17, 15) is 4.79 Å². The van der Waals surface area contributed by atoms with Crippen molar-refractivity contribution in [3.63, 3.8) is 0 Å². The van der Waals surface area contributed by atoms with Crippen LogP contribution in [0.3, 0.4) is 0 Å². The highest BCUT2D eigenvalue weighted by Crippen LogP contribution is 2.31.